The van der Waals surface area contributed by atoms with Gasteiger partial charge >= 0.3 is 0 Å². The molecule has 1 aliphatic rings. The fraction of sp³-hybridized carbons (Fsp3) is 0.273. The first-order valence-corrected chi connectivity index (χ1v) is 4.87. The van der Waals surface area contributed by atoms with Gasteiger partial charge in [0, 0.05) is 6.54 Å². The lowest BCUT2D eigenvalue weighted by molar-refractivity contribution is -0.114. The van der Waals surface area contributed by atoms with Crippen molar-refractivity contribution in [1.82, 2.24) is 0 Å². The normalized spacial score (nSPS) is 14.5. The summed E-state index contributed by atoms with van der Waals surface area (Å²) in [5.74, 6) is -2.14. The molecule has 0 saturated carbocycles. The number of halogens is 2. The number of Topliss-reactive ketones (excluding diaryl/α,β-unsaturated/α-hetero) is 1. The highest BCUT2D eigenvalue weighted by molar-refractivity contribution is 6.52. The lowest BCUT2D eigenvalue weighted by Gasteiger charge is -2.15. The maximum atomic E-state index is 13.5. The zero-order valence-corrected chi connectivity index (χ0v) is 8.37. The summed E-state index contributed by atoms with van der Waals surface area (Å²) < 4.78 is 25.5. The molecule has 0 aromatic heterocycles. The summed E-state index contributed by atoms with van der Waals surface area (Å²) in [6, 6.07) is 3.94. The Morgan fingerprint density at radius 1 is 1.25 bits per heavy atom. The largest absolute Gasteiger partial charge is 0.302 e. The van der Waals surface area contributed by atoms with Gasteiger partial charge in [-0.05, 0) is 18.6 Å². The Bertz CT molecular complexity index is 459. The molecule has 1 aromatic carbocycles. The van der Waals surface area contributed by atoms with E-state index in [1.807, 2.05) is 0 Å². The number of para-hydroxylation sites is 1. The number of hydrogen-bond acceptors (Lipinski definition) is 2. The van der Waals surface area contributed by atoms with Crippen LogP contribution in [-0.2, 0) is 4.79 Å². The van der Waals surface area contributed by atoms with Crippen molar-refractivity contribution in [1.29, 1.82) is 0 Å². The van der Waals surface area contributed by atoms with Gasteiger partial charge in [-0.1, -0.05) is 6.07 Å². The molecule has 84 valence electrons. The summed E-state index contributed by atoms with van der Waals surface area (Å²) >= 11 is 0. The SMILES string of the molecule is O=C1C(=O)N(CCCF)c2c(F)cccc21. The van der Waals surface area contributed by atoms with E-state index in [1.54, 1.807) is 0 Å². The van der Waals surface area contributed by atoms with Gasteiger partial charge in [-0.2, -0.15) is 0 Å². The van der Waals surface area contributed by atoms with Crippen molar-refractivity contribution in [3.05, 3.63) is 29.6 Å². The fourth-order valence-electron chi connectivity index (χ4n) is 1.74. The summed E-state index contributed by atoms with van der Waals surface area (Å²) in [6.07, 6.45) is 0.0901. The van der Waals surface area contributed by atoms with E-state index in [9.17, 15) is 18.4 Å². The third-order valence-corrected chi connectivity index (χ3v) is 2.46. The molecule has 0 spiro atoms. The number of amides is 1. The van der Waals surface area contributed by atoms with Crippen molar-refractivity contribution in [3.8, 4) is 0 Å². The van der Waals surface area contributed by atoms with E-state index in [4.69, 9.17) is 0 Å². The van der Waals surface area contributed by atoms with Crippen molar-refractivity contribution >= 4 is 17.4 Å². The van der Waals surface area contributed by atoms with Gasteiger partial charge in [0.25, 0.3) is 11.7 Å². The molecule has 0 radical (unpaired) electrons. The van der Waals surface area contributed by atoms with Gasteiger partial charge in [0.1, 0.15) is 5.82 Å². The van der Waals surface area contributed by atoms with Crippen LogP contribution in [0.4, 0.5) is 14.5 Å². The maximum absolute atomic E-state index is 13.5. The summed E-state index contributed by atoms with van der Waals surface area (Å²) in [6.45, 7) is -0.587. The summed E-state index contributed by atoms with van der Waals surface area (Å²) in [5.41, 5.74) is 0.0369. The molecule has 0 fully saturated rings. The van der Waals surface area contributed by atoms with Gasteiger partial charge in [-0.3, -0.25) is 14.0 Å². The second-order valence-corrected chi connectivity index (χ2v) is 3.46. The fourth-order valence-corrected chi connectivity index (χ4v) is 1.74. The molecule has 0 saturated heterocycles. The number of carbonyl (C=O) groups is 2. The number of nitrogens with zero attached hydrogens (tertiary/aromatic N) is 1. The molecule has 1 heterocycles. The first kappa shape index (κ1) is 10.7. The van der Waals surface area contributed by atoms with Crippen LogP contribution in [-0.4, -0.2) is 24.9 Å². The van der Waals surface area contributed by atoms with Crippen LogP contribution in [0.5, 0.6) is 0 Å². The van der Waals surface area contributed by atoms with E-state index in [2.05, 4.69) is 0 Å². The number of fused-ring (bicyclic) bond motifs is 1. The number of benzene rings is 1. The van der Waals surface area contributed by atoms with Crippen LogP contribution < -0.4 is 4.90 Å². The van der Waals surface area contributed by atoms with Crippen molar-refractivity contribution in [2.75, 3.05) is 18.1 Å². The monoisotopic (exact) mass is 225 g/mol. The highest BCUT2D eigenvalue weighted by atomic mass is 19.1. The second-order valence-electron chi connectivity index (χ2n) is 3.46. The number of ketones is 1. The molecule has 3 nitrogen and oxygen atoms in total. The van der Waals surface area contributed by atoms with Crippen molar-refractivity contribution in [2.24, 2.45) is 0 Å². The van der Waals surface area contributed by atoms with Crippen molar-refractivity contribution in [3.63, 3.8) is 0 Å². The minimum atomic E-state index is -0.784. The van der Waals surface area contributed by atoms with E-state index >= 15 is 0 Å². The molecule has 1 aliphatic heterocycles. The Morgan fingerprint density at radius 3 is 2.69 bits per heavy atom. The summed E-state index contributed by atoms with van der Waals surface area (Å²) in [4.78, 5) is 24.0. The average Bonchev–Trinajstić information content (AvgIpc) is 2.52. The zero-order chi connectivity index (χ0) is 11.7. The Kier molecular flexibility index (Phi) is 2.68. The molecule has 0 bridgehead atoms. The molecule has 0 N–H and O–H groups in total. The van der Waals surface area contributed by atoms with Gasteiger partial charge in [0.15, 0.2) is 0 Å². The highest BCUT2D eigenvalue weighted by Gasteiger charge is 2.37. The molecule has 2 rings (SSSR count). The van der Waals surface area contributed by atoms with E-state index < -0.39 is 24.2 Å². The zero-order valence-electron chi connectivity index (χ0n) is 8.37. The van der Waals surface area contributed by atoms with Crippen molar-refractivity contribution < 1.29 is 18.4 Å². The number of hydrogen-bond donors (Lipinski definition) is 0. The van der Waals surface area contributed by atoms with Crippen molar-refractivity contribution in [2.45, 2.75) is 6.42 Å². The van der Waals surface area contributed by atoms with E-state index in [-0.39, 0.29) is 24.2 Å². The van der Waals surface area contributed by atoms with Gasteiger partial charge in [0.2, 0.25) is 0 Å². The Labute approximate surface area is 90.7 Å². The minimum absolute atomic E-state index is 0.0223. The quantitative estimate of drug-likeness (QED) is 0.734. The smallest absolute Gasteiger partial charge is 0.299 e. The predicted molar refractivity (Wildman–Crippen MR) is 53.7 cm³/mol. The molecular formula is C11H9F2NO2. The van der Waals surface area contributed by atoms with E-state index in [0.717, 1.165) is 4.90 Å². The molecule has 0 atom stereocenters. The number of rotatable bonds is 3. The topological polar surface area (TPSA) is 37.4 Å². The Hall–Kier alpha value is -1.78. The van der Waals surface area contributed by atoms with Crippen LogP contribution in [0.25, 0.3) is 0 Å². The van der Waals surface area contributed by atoms with Gasteiger partial charge in [0.05, 0.1) is 17.9 Å². The van der Waals surface area contributed by atoms with Crippen LogP contribution in [0, 0.1) is 5.82 Å². The number of carbonyl (C=O) groups excluding carboxylic acids is 2. The van der Waals surface area contributed by atoms with Gasteiger partial charge in [-0.25, -0.2) is 4.39 Å². The third-order valence-electron chi connectivity index (χ3n) is 2.46. The van der Waals surface area contributed by atoms with E-state index in [0.29, 0.717) is 0 Å². The summed E-state index contributed by atoms with van der Waals surface area (Å²) in [5, 5.41) is 0. The summed E-state index contributed by atoms with van der Waals surface area (Å²) in [7, 11) is 0. The average molecular weight is 225 g/mol. The Morgan fingerprint density at radius 2 is 2.00 bits per heavy atom. The Balaban J connectivity index is 2.43. The maximum Gasteiger partial charge on any atom is 0.299 e. The number of anilines is 1. The minimum Gasteiger partial charge on any atom is -0.302 e. The van der Waals surface area contributed by atoms with Crippen LogP contribution in [0.15, 0.2) is 18.2 Å². The highest BCUT2D eigenvalue weighted by Crippen LogP contribution is 2.31. The van der Waals surface area contributed by atoms with E-state index in [1.165, 1.54) is 18.2 Å². The van der Waals surface area contributed by atoms with Crippen LogP contribution in [0.1, 0.15) is 16.8 Å². The second kappa shape index (κ2) is 4.00. The molecule has 0 aliphatic carbocycles. The molecule has 16 heavy (non-hydrogen) atoms. The first-order valence-electron chi connectivity index (χ1n) is 4.87. The standard InChI is InChI=1S/C11H9F2NO2/c12-5-2-6-14-9-7(10(15)11(14)16)3-1-4-8(9)13/h1,3-4H,2,5-6H2. The lowest BCUT2D eigenvalue weighted by atomic mass is 10.1. The molecule has 0 unspecified atom stereocenters. The third kappa shape index (κ3) is 1.48. The first-order chi connectivity index (χ1) is 7.66. The van der Waals surface area contributed by atoms with Crippen LogP contribution >= 0.6 is 0 Å². The van der Waals surface area contributed by atoms with Gasteiger partial charge < -0.3 is 4.90 Å². The molecular weight excluding hydrogens is 216 g/mol. The molecule has 1 amide bonds. The van der Waals surface area contributed by atoms with Gasteiger partial charge in [-0.15, -0.1) is 0 Å². The molecule has 5 heteroatoms. The lowest BCUT2D eigenvalue weighted by Crippen LogP contribution is -2.31. The predicted octanol–water partition coefficient (Wildman–Crippen LogP) is 1.71. The van der Waals surface area contributed by atoms with Crippen LogP contribution in [0.2, 0.25) is 0 Å². The number of alkyl halides is 1. The molecule has 1 aromatic rings. The van der Waals surface area contributed by atoms with Crippen LogP contribution in [0.3, 0.4) is 0 Å².